The number of hydrogen-bond acceptors (Lipinski definition) is 7. The molecule has 1 aliphatic carbocycles. The van der Waals surface area contributed by atoms with Gasteiger partial charge in [0.1, 0.15) is 17.4 Å². The summed E-state index contributed by atoms with van der Waals surface area (Å²) < 4.78 is 16.3. The van der Waals surface area contributed by atoms with Crippen LogP contribution in [0.25, 0.3) is 0 Å². The van der Waals surface area contributed by atoms with Crippen LogP contribution in [0.2, 0.25) is 0 Å². The van der Waals surface area contributed by atoms with Crippen molar-refractivity contribution in [3.63, 3.8) is 0 Å². The van der Waals surface area contributed by atoms with E-state index in [2.05, 4.69) is 5.32 Å². The topological polar surface area (TPSA) is 90.9 Å². The molecule has 7 heteroatoms. The zero-order chi connectivity index (χ0) is 25.1. The van der Waals surface area contributed by atoms with Gasteiger partial charge in [0.2, 0.25) is 0 Å². The van der Waals surface area contributed by atoms with Crippen molar-refractivity contribution < 1.29 is 28.6 Å². The maximum Gasteiger partial charge on any atom is 0.336 e. The first kappa shape index (κ1) is 24.3. The highest BCUT2D eigenvalue weighted by Gasteiger charge is 2.47. The van der Waals surface area contributed by atoms with Crippen molar-refractivity contribution in [3.05, 3.63) is 82.7 Å². The van der Waals surface area contributed by atoms with Crippen molar-refractivity contribution in [3.8, 4) is 11.5 Å². The van der Waals surface area contributed by atoms with Crippen LogP contribution in [0.4, 0.5) is 0 Å². The molecule has 0 amide bonds. The maximum atomic E-state index is 13.8. The summed E-state index contributed by atoms with van der Waals surface area (Å²) in [6.45, 7) is 5.59. The zero-order valence-corrected chi connectivity index (χ0v) is 20.3. The lowest BCUT2D eigenvalue weighted by Gasteiger charge is -2.38. The Labute approximate surface area is 204 Å². The van der Waals surface area contributed by atoms with Crippen LogP contribution in [0.1, 0.15) is 38.7 Å². The minimum atomic E-state index is -0.936. The summed E-state index contributed by atoms with van der Waals surface area (Å²) in [7, 11) is 1.28. The Hall–Kier alpha value is -3.87. The minimum absolute atomic E-state index is 0.196. The second kappa shape index (κ2) is 10.2. The molecule has 0 fully saturated rings. The fourth-order valence-corrected chi connectivity index (χ4v) is 4.88. The van der Waals surface area contributed by atoms with Crippen LogP contribution in [-0.2, 0) is 23.9 Å². The van der Waals surface area contributed by atoms with Gasteiger partial charge in [-0.2, -0.15) is 0 Å². The summed E-state index contributed by atoms with van der Waals surface area (Å²) in [5.41, 5.74) is 2.77. The number of carbonyl (C=O) groups excluding carboxylic acids is 3. The fourth-order valence-electron chi connectivity index (χ4n) is 4.88. The number of hydrogen-bond donors (Lipinski definition) is 1. The summed E-state index contributed by atoms with van der Waals surface area (Å²) in [6.07, 6.45) is 0.477. The third-order valence-electron chi connectivity index (χ3n) is 6.41. The Bertz CT molecular complexity index is 1210. The van der Waals surface area contributed by atoms with Crippen LogP contribution >= 0.6 is 0 Å². The molecule has 2 aromatic rings. The molecule has 7 nitrogen and oxygen atoms in total. The molecular formula is C28H29NO6. The van der Waals surface area contributed by atoms with Crippen LogP contribution in [0.15, 0.2) is 77.1 Å². The van der Waals surface area contributed by atoms with Gasteiger partial charge >= 0.3 is 11.9 Å². The number of rotatable bonds is 6. The summed E-state index contributed by atoms with van der Waals surface area (Å²) in [4.78, 5) is 39.4. The lowest BCUT2D eigenvalue weighted by atomic mass is 9.69. The van der Waals surface area contributed by atoms with Gasteiger partial charge in [-0.1, -0.05) is 37.3 Å². The van der Waals surface area contributed by atoms with Crippen LogP contribution in [0, 0.1) is 11.8 Å². The van der Waals surface area contributed by atoms with Crippen LogP contribution in [0.5, 0.6) is 11.5 Å². The summed E-state index contributed by atoms with van der Waals surface area (Å²) in [5, 5.41) is 3.25. The molecule has 2 aliphatic rings. The van der Waals surface area contributed by atoms with E-state index in [0.717, 1.165) is 0 Å². The van der Waals surface area contributed by atoms with E-state index in [1.54, 1.807) is 13.8 Å². The lowest BCUT2D eigenvalue weighted by Crippen LogP contribution is -2.43. The van der Waals surface area contributed by atoms with E-state index in [1.165, 1.54) is 7.11 Å². The first-order valence-electron chi connectivity index (χ1n) is 11.7. The van der Waals surface area contributed by atoms with E-state index < -0.39 is 23.8 Å². The molecule has 0 bridgehead atoms. The van der Waals surface area contributed by atoms with E-state index in [0.29, 0.717) is 46.0 Å². The highest BCUT2D eigenvalue weighted by Crippen LogP contribution is 2.46. The minimum Gasteiger partial charge on any atom is -0.468 e. The Morgan fingerprint density at radius 2 is 1.77 bits per heavy atom. The molecule has 1 heterocycles. The molecule has 35 heavy (non-hydrogen) atoms. The summed E-state index contributed by atoms with van der Waals surface area (Å²) >= 11 is 0. The molecule has 0 aromatic heterocycles. The predicted molar refractivity (Wildman–Crippen MR) is 129 cm³/mol. The predicted octanol–water partition coefficient (Wildman–Crippen LogP) is 4.66. The van der Waals surface area contributed by atoms with Gasteiger partial charge < -0.3 is 19.5 Å². The number of esters is 2. The first-order valence-corrected chi connectivity index (χ1v) is 11.7. The number of benzene rings is 2. The number of carbonyl (C=O) groups is 3. The lowest BCUT2D eigenvalue weighted by molar-refractivity contribution is -0.151. The van der Waals surface area contributed by atoms with E-state index in [9.17, 15) is 14.4 Å². The highest BCUT2D eigenvalue weighted by atomic mass is 16.5. The standard InChI is InChI=1S/C28H29NO6/c1-5-34-28(32)23-17(3)29-21-14-16(2)22(27(31)33-4)26(30)25(21)24(23)18-10-9-13-20(15-18)35-19-11-7-6-8-12-19/h6-13,15-16,22,24,29H,5,14H2,1-4H3/t16-,22+,24+/m1/s1. The Balaban J connectivity index is 1.83. The van der Waals surface area contributed by atoms with E-state index in [-0.39, 0.29) is 18.3 Å². The zero-order valence-electron chi connectivity index (χ0n) is 20.3. The number of ketones is 1. The van der Waals surface area contributed by atoms with Crippen molar-refractivity contribution in [1.82, 2.24) is 5.32 Å². The van der Waals surface area contributed by atoms with Gasteiger partial charge in [-0.15, -0.1) is 0 Å². The molecule has 4 rings (SSSR count). The van der Waals surface area contributed by atoms with Gasteiger partial charge in [-0.3, -0.25) is 9.59 Å². The van der Waals surface area contributed by atoms with Crippen molar-refractivity contribution in [2.75, 3.05) is 13.7 Å². The van der Waals surface area contributed by atoms with Crippen molar-refractivity contribution >= 4 is 17.7 Å². The average Bonchev–Trinajstić information content (AvgIpc) is 2.84. The number of ether oxygens (including phenoxy) is 3. The van der Waals surface area contributed by atoms with Gasteiger partial charge in [0.15, 0.2) is 5.78 Å². The fraction of sp³-hybridized carbons (Fsp3) is 0.321. The van der Waals surface area contributed by atoms with Gasteiger partial charge in [0, 0.05) is 22.9 Å². The van der Waals surface area contributed by atoms with Crippen molar-refractivity contribution in [2.45, 2.75) is 33.1 Å². The molecule has 1 aliphatic heterocycles. The van der Waals surface area contributed by atoms with E-state index in [4.69, 9.17) is 14.2 Å². The third-order valence-corrected chi connectivity index (χ3v) is 6.41. The molecule has 0 radical (unpaired) electrons. The smallest absolute Gasteiger partial charge is 0.336 e. The quantitative estimate of drug-likeness (QED) is 0.480. The van der Waals surface area contributed by atoms with Crippen LogP contribution in [0.3, 0.4) is 0 Å². The molecule has 3 atom stereocenters. The molecule has 1 N–H and O–H groups in total. The van der Waals surface area contributed by atoms with Gasteiger partial charge in [0.05, 0.1) is 19.3 Å². The van der Waals surface area contributed by atoms with Crippen molar-refractivity contribution in [2.24, 2.45) is 11.8 Å². The average molecular weight is 476 g/mol. The van der Waals surface area contributed by atoms with Gasteiger partial charge in [-0.05, 0) is 56.0 Å². The highest BCUT2D eigenvalue weighted by molar-refractivity contribution is 6.12. The van der Waals surface area contributed by atoms with Crippen molar-refractivity contribution in [1.29, 1.82) is 0 Å². The van der Waals surface area contributed by atoms with Crippen LogP contribution < -0.4 is 10.1 Å². The second-order valence-corrected chi connectivity index (χ2v) is 8.74. The Kier molecular flexibility index (Phi) is 7.05. The largest absolute Gasteiger partial charge is 0.468 e. The molecule has 182 valence electrons. The molecule has 0 spiro atoms. The maximum absolute atomic E-state index is 13.8. The summed E-state index contributed by atoms with van der Waals surface area (Å²) in [6, 6.07) is 16.7. The SMILES string of the molecule is CCOC(=O)C1=C(C)NC2=C(C(=O)[C@@H](C(=O)OC)[C@H](C)C2)[C@H]1c1cccc(Oc2ccccc2)c1. The first-order chi connectivity index (χ1) is 16.8. The number of Topliss-reactive ketones (excluding diaryl/α,β-unsaturated/α-hetero) is 1. The number of allylic oxidation sites excluding steroid dienone is 3. The molecule has 0 saturated carbocycles. The molecule has 0 saturated heterocycles. The van der Waals surface area contributed by atoms with E-state index in [1.807, 2.05) is 61.5 Å². The Morgan fingerprint density at radius 3 is 2.46 bits per heavy atom. The molecule has 0 unspecified atom stereocenters. The van der Waals surface area contributed by atoms with Gasteiger partial charge in [0.25, 0.3) is 0 Å². The molecule has 2 aromatic carbocycles. The third kappa shape index (κ3) is 4.71. The molecular weight excluding hydrogens is 446 g/mol. The van der Waals surface area contributed by atoms with E-state index >= 15 is 0 Å². The second-order valence-electron chi connectivity index (χ2n) is 8.74. The monoisotopic (exact) mass is 475 g/mol. The number of methoxy groups -OCH3 is 1. The van der Waals surface area contributed by atoms with Crippen LogP contribution in [-0.4, -0.2) is 31.4 Å². The summed E-state index contributed by atoms with van der Waals surface area (Å²) in [5.74, 6) is -2.08. The van der Waals surface area contributed by atoms with Gasteiger partial charge in [-0.25, -0.2) is 4.79 Å². The number of para-hydroxylation sites is 1. The number of dihydropyridines is 1. The Morgan fingerprint density at radius 1 is 1.06 bits per heavy atom. The number of nitrogens with one attached hydrogen (secondary N) is 1. The normalized spacial score (nSPS) is 21.7.